The minimum atomic E-state index is 0.423. The van der Waals surface area contributed by atoms with Crippen molar-refractivity contribution in [2.45, 2.75) is 44.8 Å². The molecule has 2 aliphatic heterocycles. The minimum absolute atomic E-state index is 0.423. The number of ether oxygens (including phenoxy) is 1. The summed E-state index contributed by atoms with van der Waals surface area (Å²) in [6, 6.07) is 9.48. The topological polar surface area (TPSA) is 24.5 Å². The van der Waals surface area contributed by atoms with E-state index in [0.717, 1.165) is 26.0 Å². The van der Waals surface area contributed by atoms with Crippen LogP contribution in [-0.2, 0) is 11.2 Å². The van der Waals surface area contributed by atoms with Crippen molar-refractivity contribution in [3.8, 4) is 0 Å². The molecule has 3 heteroatoms. The molecule has 1 saturated heterocycles. The van der Waals surface area contributed by atoms with Gasteiger partial charge in [-0.15, -0.1) is 0 Å². The van der Waals surface area contributed by atoms with Crippen LogP contribution in [0.5, 0.6) is 0 Å². The molecule has 1 aromatic carbocycles. The Labute approximate surface area is 122 Å². The summed E-state index contributed by atoms with van der Waals surface area (Å²) in [5.74, 6) is 0. The van der Waals surface area contributed by atoms with Gasteiger partial charge in [0.05, 0.1) is 6.10 Å². The fourth-order valence-electron chi connectivity index (χ4n) is 3.40. The summed E-state index contributed by atoms with van der Waals surface area (Å²) in [6.07, 6.45) is 5.18. The van der Waals surface area contributed by atoms with Gasteiger partial charge in [-0.2, -0.15) is 0 Å². The highest BCUT2D eigenvalue weighted by Crippen LogP contribution is 2.27. The Bertz CT molecular complexity index is 435. The van der Waals surface area contributed by atoms with Crippen molar-refractivity contribution in [1.82, 2.24) is 5.32 Å². The SMILES string of the molecule is CC1CC(NCCCN2CCc3ccccc32)CCO1. The second-order valence-electron chi connectivity index (χ2n) is 6.08. The van der Waals surface area contributed by atoms with Crippen LogP contribution in [-0.4, -0.2) is 38.4 Å². The Morgan fingerprint density at radius 1 is 1.35 bits per heavy atom. The van der Waals surface area contributed by atoms with Gasteiger partial charge in [-0.3, -0.25) is 0 Å². The van der Waals surface area contributed by atoms with Gasteiger partial charge < -0.3 is 15.0 Å². The maximum absolute atomic E-state index is 5.59. The van der Waals surface area contributed by atoms with Gasteiger partial charge >= 0.3 is 0 Å². The fraction of sp³-hybridized carbons (Fsp3) is 0.647. The highest BCUT2D eigenvalue weighted by atomic mass is 16.5. The zero-order valence-electron chi connectivity index (χ0n) is 12.5. The first-order valence-corrected chi connectivity index (χ1v) is 8.01. The lowest BCUT2D eigenvalue weighted by Crippen LogP contribution is -2.39. The van der Waals surface area contributed by atoms with Crippen molar-refractivity contribution in [3.63, 3.8) is 0 Å². The third-order valence-electron chi connectivity index (χ3n) is 4.51. The average Bonchev–Trinajstić information content (AvgIpc) is 2.87. The number of nitrogens with zero attached hydrogens (tertiary/aromatic N) is 1. The largest absolute Gasteiger partial charge is 0.378 e. The van der Waals surface area contributed by atoms with Gasteiger partial charge in [0.15, 0.2) is 0 Å². The third kappa shape index (κ3) is 3.33. The Morgan fingerprint density at radius 2 is 2.25 bits per heavy atom. The molecule has 0 radical (unpaired) electrons. The zero-order chi connectivity index (χ0) is 13.8. The van der Waals surface area contributed by atoms with E-state index in [4.69, 9.17) is 4.74 Å². The minimum Gasteiger partial charge on any atom is -0.378 e. The second-order valence-corrected chi connectivity index (χ2v) is 6.08. The molecule has 2 heterocycles. The van der Waals surface area contributed by atoms with E-state index >= 15 is 0 Å². The maximum atomic E-state index is 5.59. The number of anilines is 1. The molecule has 0 aliphatic carbocycles. The van der Waals surface area contributed by atoms with Crippen LogP contribution in [0, 0.1) is 0 Å². The number of hydrogen-bond acceptors (Lipinski definition) is 3. The van der Waals surface area contributed by atoms with E-state index in [9.17, 15) is 0 Å². The summed E-state index contributed by atoms with van der Waals surface area (Å²) >= 11 is 0. The van der Waals surface area contributed by atoms with Crippen molar-refractivity contribution in [2.24, 2.45) is 0 Å². The molecule has 1 N–H and O–H groups in total. The first kappa shape index (κ1) is 13.9. The smallest absolute Gasteiger partial charge is 0.0561 e. The van der Waals surface area contributed by atoms with Gasteiger partial charge in [0.25, 0.3) is 0 Å². The van der Waals surface area contributed by atoms with Gasteiger partial charge in [0.1, 0.15) is 0 Å². The van der Waals surface area contributed by atoms with Crippen LogP contribution in [0.15, 0.2) is 24.3 Å². The van der Waals surface area contributed by atoms with E-state index in [1.807, 2.05) is 0 Å². The third-order valence-corrected chi connectivity index (χ3v) is 4.51. The van der Waals surface area contributed by atoms with Crippen LogP contribution in [0.25, 0.3) is 0 Å². The number of para-hydroxylation sites is 1. The van der Waals surface area contributed by atoms with Crippen LogP contribution < -0.4 is 10.2 Å². The van der Waals surface area contributed by atoms with Crippen LogP contribution >= 0.6 is 0 Å². The summed E-state index contributed by atoms with van der Waals surface area (Å²) in [6.45, 7) is 6.57. The van der Waals surface area contributed by atoms with Crippen LogP contribution in [0.3, 0.4) is 0 Å². The van der Waals surface area contributed by atoms with Gasteiger partial charge in [-0.05, 0) is 50.8 Å². The molecule has 2 aliphatic rings. The van der Waals surface area contributed by atoms with Crippen LogP contribution in [0.2, 0.25) is 0 Å². The zero-order valence-corrected chi connectivity index (χ0v) is 12.5. The Balaban J connectivity index is 1.38. The average molecular weight is 274 g/mol. The quantitative estimate of drug-likeness (QED) is 0.835. The molecule has 2 atom stereocenters. The number of benzene rings is 1. The molecule has 1 aromatic rings. The lowest BCUT2D eigenvalue weighted by molar-refractivity contribution is 0.0134. The predicted octanol–water partition coefficient (Wildman–Crippen LogP) is 2.60. The molecule has 1 fully saturated rings. The normalized spacial score (nSPS) is 25.8. The van der Waals surface area contributed by atoms with Crippen LogP contribution in [0.1, 0.15) is 31.7 Å². The lowest BCUT2D eigenvalue weighted by atomic mass is 10.0. The highest BCUT2D eigenvalue weighted by molar-refractivity contribution is 5.57. The van der Waals surface area contributed by atoms with Crippen molar-refractivity contribution in [3.05, 3.63) is 29.8 Å². The number of nitrogens with one attached hydrogen (secondary N) is 1. The second kappa shape index (κ2) is 6.59. The summed E-state index contributed by atoms with van der Waals surface area (Å²) < 4.78 is 5.59. The maximum Gasteiger partial charge on any atom is 0.0561 e. The van der Waals surface area contributed by atoms with E-state index in [0.29, 0.717) is 12.1 Å². The molecule has 0 saturated carbocycles. The van der Waals surface area contributed by atoms with Crippen molar-refractivity contribution < 1.29 is 4.74 Å². The fourth-order valence-corrected chi connectivity index (χ4v) is 3.40. The molecule has 3 rings (SSSR count). The first-order chi connectivity index (χ1) is 9.83. The molecule has 3 nitrogen and oxygen atoms in total. The first-order valence-electron chi connectivity index (χ1n) is 8.01. The van der Waals surface area contributed by atoms with Crippen LogP contribution in [0.4, 0.5) is 5.69 Å². The van der Waals surface area contributed by atoms with E-state index in [1.165, 1.54) is 37.2 Å². The number of fused-ring (bicyclic) bond motifs is 1. The predicted molar refractivity (Wildman–Crippen MR) is 83.4 cm³/mol. The van der Waals surface area contributed by atoms with Crippen molar-refractivity contribution in [2.75, 3.05) is 31.1 Å². The molecule has 0 spiro atoms. The standard InChI is InChI=1S/C17H26N2O/c1-14-13-16(8-12-20-14)18-9-4-10-19-11-7-15-5-2-3-6-17(15)19/h2-3,5-6,14,16,18H,4,7-13H2,1H3. The Kier molecular flexibility index (Phi) is 4.58. The Hall–Kier alpha value is -1.06. The van der Waals surface area contributed by atoms with Gasteiger partial charge in [0, 0.05) is 31.4 Å². The van der Waals surface area contributed by atoms with E-state index in [1.54, 1.807) is 0 Å². The molecule has 110 valence electrons. The summed E-state index contributed by atoms with van der Waals surface area (Å²) in [5, 5.41) is 3.69. The van der Waals surface area contributed by atoms with Gasteiger partial charge in [0.2, 0.25) is 0 Å². The molecule has 2 unspecified atom stereocenters. The monoisotopic (exact) mass is 274 g/mol. The molecule has 20 heavy (non-hydrogen) atoms. The Morgan fingerprint density at radius 3 is 3.15 bits per heavy atom. The van der Waals surface area contributed by atoms with Crippen molar-refractivity contribution >= 4 is 5.69 Å². The number of hydrogen-bond donors (Lipinski definition) is 1. The number of rotatable bonds is 5. The van der Waals surface area contributed by atoms with Gasteiger partial charge in [-0.1, -0.05) is 18.2 Å². The molecular weight excluding hydrogens is 248 g/mol. The molecule has 0 amide bonds. The molecular formula is C17H26N2O. The molecule has 0 aromatic heterocycles. The van der Waals surface area contributed by atoms with E-state index in [-0.39, 0.29) is 0 Å². The van der Waals surface area contributed by atoms with Gasteiger partial charge in [-0.25, -0.2) is 0 Å². The summed E-state index contributed by atoms with van der Waals surface area (Å²) in [4.78, 5) is 2.53. The van der Waals surface area contributed by atoms with E-state index < -0.39 is 0 Å². The van der Waals surface area contributed by atoms with E-state index in [2.05, 4.69) is 41.4 Å². The summed E-state index contributed by atoms with van der Waals surface area (Å²) in [5.41, 5.74) is 2.96. The summed E-state index contributed by atoms with van der Waals surface area (Å²) in [7, 11) is 0. The highest BCUT2D eigenvalue weighted by Gasteiger charge is 2.19. The lowest BCUT2D eigenvalue weighted by Gasteiger charge is -2.28. The molecule has 0 bridgehead atoms. The van der Waals surface area contributed by atoms with Crippen molar-refractivity contribution in [1.29, 1.82) is 0 Å².